The Morgan fingerprint density at radius 1 is 1.05 bits per heavy atom. The van der Waals surface area contributed by atoms with Crippen molar-refractivity contribution in [2.24, 2.45) is 5.73 Å². The summed E-state index contributed by atoms with van der Waals surface area (Å²) < 4.78 is 0. The SMILES string of the molecule is NCCc1ccccc1C(=O)Cc1ccc(Cl)cc1Cl. The van der Waals surface area contributed by atoms with E-state index in [1.54, 1.807) is 18.2 Å². The molecule has 0 aliphatic heterocycles. The fourth-order valence-corrected chi connectivity index (χ4v) is 2.57. The van der Waals surface area contributed by atoms with Gasteiger partial charge in [-0.25, -0.2) is 0 Å². The largest absolute Gasteiger partial charge is 0.330 e. The Balaban J connectivity index is 2.24. The third-order valence-corrected chi connectivity index (χ3v) is 3.68. The lowest BCUT2D eigenvalue weighted by Gasteiger charge is -2.09. The normalized spacial score (nSPS) is 10.6. The van der Waals surface area contributed by atoms with E-state index >= 15 is 0 Å². The maximum Gasteiger partial charge on any atom is 0.167 e. The lowest BCUT2D eigenvalue weighted by Crippen LogP contribution is -2.11. The molecule has 2 N–H and O–H groups in total. The Morgan fingerprint density at radius 2 is 1.80 bits per heavy atom. The summed E-state index contributed by atoms with van der Waals surface area (Å²) >= 11 is 12.0. The number of ketones is 1. The molecule has 0 unspecified atom stereocenters. The van der Waals surface area contributed by atoms with Crippen LogP contribution in [0.15, 0.2) is 42.5 Å². The monoisotopic (exact) mass is 307 g/mol. The van der Waals surface area contributed by atoms with Gasteiger partial charge in [0.2, 0.25) is 0 Å². The number of carbonyl (C=O) groups is 1. The van der Waals surface area contributed by atoms with Crippen LogP contribution in [-0.4, -0.2) is 12.3 Å². The molecule has 0 spiro atoms. The van der Waals surface area contributed by atoms with Crippen LogP contribution in [0.1, 0.15) is 21.5 Å². The number of Topliss-reactive ketones (excluding diaryl/α,β-unsaturated/α-hetero) is 1. The van der Waals surface area contributed by atoms with Crippen molar-refractivity contribution >= 4 is 29.0 Å². The molecule has 0 fully saturated rings. The second kappa shape index (κ2) is 6.89. The first-order valence-corrected chi connectivity index (χ1v) is 7.12. The molecule has 0 aliphatic rings. The van der Waals surface area contributed by atoms with Crippen molar-refractivity contribution in [1.29, 1.82) is 0 Å². The number of benzene rings is 2. The molecular formula is C16H15Cl2NO. The van der Waals surface area contributed by atoms with Gasteiger partial charge in [-0.05, 0) is 36.2 Å². The van der Waals surface area contributed by atoms with Gasteiger partial charge in [-0.1, -0.05) is 53.5 Å². The molecule has 2 rings (SSSR count). The van der Waals surface area contributed by atoms with Gasteiger partial charge >= 0.3 is 0 Å². The smallest absolute Gasteiger partial charge is 0.167 e. The van der Waals surface area contributed by atoms with E-state index in [0.717, 1.165) is 11.1 Å². The second-order valence-electron chi connectivity index (χ2n) is 4.53. The number of nitrogens with two attached hydrogens (primary N) is 1. The van der Waals surface area contributed by atoms with E-state index in [1.807, 2.05) is 24.3 Å². The van der Waals surface area contributed by atoms with Gasteiger partial charge in [0.1, 0.15) is 0 Å². The summed E-state index contributed by atoms with van der Waals surface area (Å²) in [5.74, 6) is 0.0401. The Kier molecular flexibility index (Phi) is 5.18. The lowest BCUT2D eigenvalue weighted by atomic mass is 9.97. The summed E-state index contributed by atoms with van der Waals surface area (Å²) in [6.07, 6.45) is 0.952. The van der Waals surface area contributed by atoms with Crippen LogP contribution in [0.2, 0.25) is 10.0 Å². The molecule has 0 radical (unpaired) electrons. The summed E-state index contributed by atoms with van der Waals surface area (Å²) in [7, 11) is 0. The van der Waals surface area contributed by atoms with E-state index in [4.69, 9.17) is 28.9 Å². The maximum atomic E-state index is 12.4. The maximum absolute atomic E-state index is 12.4. The van der Waals surface area contributed by atoms with Crippen molar-refractivity contribution in [2.45, 2.75) is 12.8 Å². The molecule has 0 amide bonds. The highest BCUT2D eigenvalue weighted by atomic mass is 35.5. The van der Waals surface area contributed by atoms with E-state index in [-0.39, 0.29) is 12.2 Å². The average Bonchev–Trinajstić information content (AvgIpc) is 2.43. The van der Waals surface area contributed by atoms with E-state index in [1.165, 1.54) is 0 Å². The van der Waals surface area contributed by atoms with Crippen molar-refractivity contribution in [3.05, 3.63) is 69.2 Å². The zero-order chi connectivity index (χ0) is 14.5. The first kappa shape index (κ1) is 15.0. The van der Waals surface area contributed by atoms with Crippen LogP contribution < -0.4 is 5.73 Å². The molecule has 0 bridgehead atoms. The fourth-order valence-electron chi connectivity index (χ4n) is 2.10. The third kappa shape index (κ3) is 3.60. The zero-order valence-electron chi connectivity index (χ0n) is 10.9. The number of carbonyl (C=O) groups excluding carboxylic acids is 1. The molecule has 0 atom stereocenters. The molecule has 0 aliphatic carbocycles. The summed E-state index contributed by atoms with van der Waals surface area (Å²) in [4.78, 5) is 12.4. The minimum Gasteiger partial charge on any atom is -0.330 e. The quantitative estimate of drug-likeness (QED) is 0.851. The summed E-state index contributed by atoms with van der Waals surface area (Å²) in [5.41, 5.74) is 8.05. The summed E-state index contributed by atoms with van der Waals surface area (Å²) in [5, 5.41) is 1.08. The molecule has 0 saturated carbocycles. The number of rotatable bonds is 5. The molecule has 0 aromatic heterocycles. The second-order valence-corrected chi connectivity index (χ2v) is 5.38. The van der Waals surface area contributed by atoms with Crippen molar-refractivity contribution in [3.8, 4) is 0 Å². The lowest BCUT2D eigenvalue weighted by molar-refractivity contribution is 0.0992. The van der Waals surface area contributed by atoms with Gasteiger partial charge in [0.15, 0.2) is 5.78 Å². The minimum absolute atomic E-state index is 0.0401. The predicted octanol–water partition coefficient (Wildman–Crippen LogP) is 3.92. The van der Waals surface area contributed by atoms with Gasteiger partial charge < -0.3 is 5.73 Å². The van der Waals surface area contributed by atoms with Gasteiger partial charge in [-0.2, -0.15) is 0 Å². The average molecular weight is 308 g/mol. The standard InChI is InChI=1S/C16H15Cl2NO/c17-13-6-5-12(15(18)10-13)9-16(20)14-4-2-1-3-11(14)7-8-19/h1-6,10H,7-9,19H2. The van der Waals surface area contributed by atoms with E-state index in [0.29, 0.717) is 28.6 Å². The van der Waals surface area contributed by atoms with Crippen LogP contribution in [0.3, 0.4) is 0 Å². The van der Waals surface area contributed by atoms with Crippen LogP contribution in [0.5, 0.6) is 0 Å². The molecular weight excluding hydrogens is 293 g/mol. The van der Waals surface area contributed by atoms with Crippen LogP contribution in [-0.2, 0) is 12.8 Å². The fraction of sp³-hybridized carbons (Fsp3) is 0.188. The number of hydrogen-bond donors (Lipinski definition) is 1. The molecule has 2 aromatic rings. The number of halogens is 2. The molecule has 2 aromatic carbocycles. The van der Waals surface area contributed by atoms with E-state index < -0.39 is 0 Å². The van der Waals surface area contributed by atoms with Gasteiger partial charge in [0, 0.05) is 22.0 Å². The van der Waals surface area contributed by atoms with Crippen LogP contribution in [0.25, 0.3) is 0 Å². The first-order valence-electron chi connectivity index (χ1n) is 6.37. The first-order chi connectivity index (χ1) is 9.61. The molecule has 20 heavy (non-hydrogen) atoms. The summed E-state index contributed by atoms with van der Waals surface area (Å²) in [6.45, 7) is 0.520. The Bertz CT molecular complexity index is 626. The van der Waals surface area contributed by atoms with Crippen molar-refractivity contribution < 1.29 is 4.79 Å². The Morgan fingerprint density at radius 3 is 2.50 bits per heavy atom. The predicted molar refractivity (Wildman–Crippen MR) is 83.7 cm³/mol. The van der Waals surface area contributed by atoms with Crippen molar-refractivity contribution in [3.63, 3.8) is 0 Å². The molecule has 104 valence electrons. The highest BCUT2D eigenvalue weighted by molar-refractivity contribution is 6.35. The van der Waals surface area contributed by atoms with Gasteiger partial charge in [0.25, 0.3) is 0 Å². The van der Waals surface area contributed by atoms with Crippen molar-refractivity contribution in [2.75, 3.05) is 6.54 Å². The van der Waals surface area contributed by atoms with Crippen LogP contribution >= 0.6 is 23.2 Å². The third-order valence-electron chi connectivity index (χ3n) is 3.10. The molecule has 0 saturated heterocycles. The Hall–Kier alpha value is -1.35. The van der Waals surface area contributed by atoms with Gasteiger partial charge in [0.05, 0.1) is 0 Å². The molecule has 4 heteroatoms. The van der Waals surface area contributed by atoms with E-state index in [9.17, 15) is 4.79 Å². The Labute approximate surface area is 128 Å². The molecule has 0 heterocycles. The summed E-state index contributed by atoms with van der Waals surface area (Å²) in [6, 6.07) is 12.7. The topological polar surface area (TPSA) is 43.1 Å². The zero-order valence-corrected chi connectivity index (χ0v) is 12.4. The highest BCUT2D eigenvalue weighted by Crippen LogP contribution is 2.23. The minimum atomic E-state index is 0.0401. The van der Waals surface area contributed by atoms with Crippen molar-refractivity contribution in [1.82, 2.24) is 0 Å². The van der Waals surface area contributed by atoms with Gasteiger partial charge in [-0.15, -0.1) is 0 Å². The molecule has 2 nitrogen and oxygen atoms in total. The highest BCUT2D eigenvalue weighted by Gasteiger charge is 2.13. The number of hydrogen-bond acceptors (Lipinski definition) is 2. The van der Waals surface area contributed by atoms with Crippen LogP contribution in [0, 0.1) is 0 Å². The van der Waals surface area contributed by atoms with E-state index in [2.05, 4.69) is 0 Å². The van der Waals surface area contributed by atoms with Crippen LogP contribution in [0.4, 0.5) is 0 Å². The van der Waals surface area contributed by atoms with Gasteiger partial charge in [-0.3, -0.25) is 4.79 Å².